The Kier molecular flexibility index (Phi) is 6.25. The fraction of sp³-hybridized carbons (Fsp3) is 0.550. The first-order valence-corrected chi connectivity index (χ1v) is 8.92. The second-order valence-corrected chi connectivity index (χ2v) is 7.84. The van der Waals surface area contributed by atoms with Crippen LogP contribution < -0.4 is 4.90 Å². The molecule has 1 aromatic rings. The van der Waals surface area contributed by atoms with Gasteiger partial charge >= 0.3 is 5.97 Å². The molecule has 1 atom stereocenters. The van der Waals surface area contributed by atoms with E-state index >= 15 is 0 Å². The fourth-order valence-corrected chi connectivity index (χ4v) is 2.89. The third-order valence-electron chi connectivity index (χ3n) is 4.05. The summed E-state index contributed by atoms with van der Waals surface area (Å²) in [5.74, 6) is -0.283. The van der Waals surface area contributed by atoms with Crippen LogP contribution in [0, 0.1) is 17.2 Å². The molecule has 0 unspecified atom stereocenters. The molecule has 1 heterocycles. The van der Waals surface area contributed by atoms with Gasteiger partial charge in [0.1, 0.15) is 11.7 Å². The first kappa shape index (κ1) is 19.8. The maximum absolute atomic E-state index is 12.4. The van der Waals surface area contributed by atoms with Gasteiger partial charge in [0.2, 0.25) is 0 Å². The molecule has 1 saturated heterocycles. The summed E-state index contributed by atoms with van der Waals surface area (Å²) in [6.07, 6.45) is 3.43. The maximum Gasteiger partial charge on any atom is 0.311 e. The molecule has 1 aliphatic heterocycles. The second-order valence-electron chi connectivity index (χ2n) is 7.84. The SMILES string of the molecule is CN(C)C=Nc1ccc(N2CCC[C@@H](C(=O)OC(C)(C)C)C2)cc1C#N. The first-order chi connectivity index (χ1) is 12.2. The lowest BCUT2D eigenvalue weighted by Crippen LogP contribution is -2.41. The van der Waals surface area contributed by atoms with Gasteiger partial charge < -0.3 is 14.5 Å². The van der Waals surface area contributed by atoms with Gasteiger partial charge in [-0.25, -0.2) is 4.99 Å². The van der Waals surface area contributed by atoms with Crippen LogP contribution in [0.25, 0.3) is 0 Å². The topological polar surface area (TPSA) is 68.9 Å². The van der Waals surface area contributed by atoms with Gasteiger partial charge in [-0.1, -0.05) is 0 Å². The number of carbonyl (C=O) groups excluding carboxylic acids is 1. The minimum atomic E-state index is -0.473. The molecule has 1 fully saturated rings. The van der Waals surface area contributed by atoms with E-state index in [1.165, 1.54) is 0 Å². The molecule has 0 N–H and O–H groups in total. The number of nitriles is 1. The number of carbonyl (C=O) groups is 1. The van der Waals surface area contributed by atoms with Crippen molar-refractivity contribution in [2.75, 3.05) is 32.1 Å². The molecule has 2 rings (SSSR count). The molecule has 0 radical (unpaired) electrons. The highest BCUT2D eigenvalue weighted by Gasteiger charge is 2.30. The number of benzene rings is 1. The zero-order chi connectivity index (χ0) is 19.3. The third-order valence-corrected chi connectivity index (χ3v) is 4.05. The van der Waals surface area contributed by atoms with E-state index in [0.717, 1.165) is 25.1 Å². The van der Waals surface area contributed by atoms with E-state index in [2.05, 4.69) is 16.0 Å². The minimum Gasteiger partial charge on any atom is -0.460 e. The van der Waals surface area contributed by atoms with E-state index in [1.54, 1.807) is 6.34 Å². The van der Waals surface area contributed by atoms with Gasteiger partial charge in [-0.3, -0.25) is 4.79 Å². The highest BCUT2D eigenvalue weighted by atomic mass is 16.6. The van der Waals surface area contributed by atoms with E-state index < -0.39 is 5.60 Å². The van der Waals surface area contributed by atoms with Crippen molar-refractivity contribution in [3.63, 3.8) is 0 Å². The fourth-order valence-electron chi connectivity index (χ4n) is 2.89. The second kappa shape index (κ2) is 8.22. The highest BCUT2D eigenvalue weighted by molar-refractivity contribution is 5.74. The Bertz CT molecular complexity index is 714. The number of hydrogen-bond donors (Lipinski definition) is 0. The molecular formula is C20H28N4O2. The smallest absolute Gasteiger partial charge is 0.311 e. The van der Waals surface area contributed by atoms with Gasteiger partial charge in [0.05, 0.1) is 23.5 Å². The predicted octanol–water partition coefficient (Wildman–Crippen LogP) is 3.34. The van der Waals surface area contributed by atoms with E-state index in [9.17, 15) is 10.1 Å². The lowest BCUT2D eigenvalue weighted by atomic mass is 9.97. The summed E-state index contributed by atoms with van der Waals surface area (Å²) in [5, 5.41) is 9.44. The van der Waals surface area contributed by atoms with Gasteiger partial charge in [0.15, 0.2) is 0 Å². The highest BCUT2D eigenvalue weighted by Crippen LogP contribution is 2.29. The first-order valence-electron chi connectivity index (χ1n) is 8.92. The summed E-state index contributed by atoms with van der Waals surface area (Å²) >= 11 is 0. The van der Waals surface area contributed by atoms with E-state index in [1.807, 2.05) is 58.0 Å². The molecular weight excluding hydrogens is 328 g/mol. The van der Waals surface area contributed by atoms with Crippen molar-refractivity contribution in [2.24, 2.45) is 10.9 Å². The summed E-state index contributed by atoms with van der Waals surface area (Å²) in [4.78, 5) is 20.7. The molecule has 0 amide bonds. The van der Waals surface area contributed by atoms with Gasteiger partial charge in [0, 0.05) is 32.9 Å². The van der Waals surface area contributed by atoms with Gasteiger partial charge in [-0.15, -0.1) is 0 Å². The Morgan fingerprint density at radius 1 is 1.42 bits per heavy atom. The molecule has 0 spiro atoms. The summed E-state index contributed by atoms with van der Waals surface area (Å²) in [6, 6.07) is 7.87. The van der Waals surface area contributed by atoms with Crippen LogP contribution in [0.4, 0.5) is 11.4 Å². The lowest BCUT2D eigenvalue weighted by molar-refractivity contribution is -0.160. The molecule has 0 aliphatic carbocycles. The van der Waals surface area contributed by atoms with E-state index in [-0.39, 0.29) is 11.9 Å². The Balaban J connectivity index is 2.15. The zero-order valence-electron chi connectivity index (χ0n) is 16.3. The van der Waals surface area contributed by atoms with Crippen molar-refractivity contribution in [3.8, 4) is 6.07 Å². The number of nitrogens with zero attached hydrogens (tertiary/aromatic N) is 4. The predicted molar refractivity (Wildman–Crippen MR) is 104 cm³/mol. The van der Waals surface area contributed by atoms with Crippen molar-refractivity contribution in [2.45, 2.75) is 39.2 Å². The average Bonchev–Trinajstić information content (AvgIpc) is 2.58. The van der Waals surface area contributed by atoms with Crippen LogP contribution in [0.3, 0.4) is 0 Å². The van der Waals surface area contributed by atoms with Crippen LogP contribution in [0.1, 0.15) is 39.2 Å². The van der Waals surface area contributed by atoms with Crippen LogP contribution in [-0.2, 0) is 9.53 Å². The van der Waals surface area contributed by atoms with Crippen LogP contribution in [0.15, 0.2) is 23.2 Å². The molecule has 0 aromatic heterocycles. The van der Waals surface area contributed by atoms with Gasteiger partial charge in [-0.2, -0.15) is 5.26 Å². The average molecular weight is 356 g/mol. The number of hydrogen-bond acceptors (Lipinski definition) is 5. The van der Waals surface area contributed by atoms with Gasteiger partial charge in [0.25, 0.3) is 0 Å². The Labute approximate surface area is 156 Å². The minimum absolute atomic E-state index is 0.139. The molecule has 6 heteroatoms. The Morgan fingerprint density at radius 2 is 2.15 bits per heavy atom. The van der Waals surface area contributed by atoms with Crippen LogP contribution >= 0.6 is 0 Å². The molecule has 140 valence electrons. The van der Waals surface area contributed by atoms with Crippen molar-refractivity contribution in [3.05, 3.63) is 23.8 Å². The normalized spacial score (nSPS) is 17.8. The molecule has 6 nitrogen and oxygen atoms in total. The van der Waals surface area contributed by atoms with E-state index in [0.29, 0.717) is 17.8 Å². The number of esters is 1. The van der Waals surface area contributed by atoms with Crippen molar-refractivity contribution >= 4 is 23.7 Å². The quantitative estimate of drug-likeness (QED) is 0.470. The maximum atomic E-state index is 12.4. The number of piperidine rings is 1. The van der Waals surface area contributed by atoms with Crippen molar-refractivity contribution in [1.29, 1.82) is 5.26 Å². The number of aliphatic imine (C=N–C) groups is 1. The van der Waals surface area contributed by atoms with E-state index in [4.69, 9.17) is 4.74 Å². The third kappa shape index (κ3) is 5.48. The van der Waals surface area contributed by atoms with Gasteiger partial charge in [-0.05, 0) is 51.8 Å². The molecule has 0 bridgehead atoms. The van der Waals surface area contributed by atoms with Crippen molar-refractivity contribution < 1.29 is 9.53 Å². The Morgan fingerprint density at radius 3 is 2.77 bits per heavy atom. The van der Waals surface area contributed by atoms with Crippen LogP contribution in [0.5, 0.6) is 0 Å². The van der Waals surface area contributed by atoms with Crippen LogP contribution in [0.2, 0.25) is 0 Å². The summed E-state index contributed by atoms with van der Waals surface area (Å²) in [6.45, 7) is 7.14. The summed E-state index contributed by atoms with van der Waals surface area (Å²) < 4.78 is 5.54. The number of ether oxygens (including phenoxy) is 1. The number of rotatable bonds is 4. The summed E-state index contributed by atoms with van der Waals surface area (Å²) in [5.41, 5.74) is 1.64. The number of anilines is 1. The standard InChI is InChI=1S/C20H28N4O2/c1-20(2,3)26-19(25)15-7-6-10-24(13-15)17-8-9-18(16(11-17)12-21)22-14-23(4)5/h8-9,11,14-15H,6-7,10,13H2,1-5H3/t15-/m1/s1. The molecule has 26 heavy (non-hydrogen) atoms. The van der Waals surface area contributed by atoms with Crippen LogP contribution in [-0.4, -0.2) is 50.0 Å². The molecule has 1 aromatic carbocycles. The molecule has 1 aliphatic rings. The lowest BCUT2D eigenvalue weighted by Gasteiger charge is -2.34. The largest absolute Gasteiger partial charge is 0.460 e. The Hall–Kier alpha value is -2.55. The zero-order valence-corrected chi connectivity index (χ0v) is 16.3. The van der Waals surface area contributed by atoms with Crippen molar-refractivity contribution in [1.82, 2.24) is 4.90 Å². The monoisotopic (exact) mass is 356 g/mol. The molecule has 0 saturated carbocycles. The summed E-state index contributed by atoms with van der Waals surface area (Å²) in [7, 11) is 3.77.